The lowest BCUT2D eigenvalue weighted by atomic mass is 10.0. The molecule has 6 nitrogen and oxygen atoms in total. The van der Waals surface area contributed by atoms with Gasteiger partial charge in [0.05, 0.1) is 29.3 Å². The van der Waals surface area contributed by atoms with E-state index in [1.54, 1.807) is 19.2 Å². The van der Waals surface area contributed by atoms with Crippen LogP contribution in [-0.4, -0.2) is 48.7 Å². The normalized spacial score (nSPS) is 22.8. The molecule has 1 aliphatic heterocycles. The van der Waals surface area contributed by atoms with Crippen LogP contribution in [0.15, 0.2) is 36.7 Å². The molecule has 1 saturated heterocycles. The first-order chi connectivity index (χ1) is 15.5. The Morgan fingerprint density at radius 2 is 1.81 bits per heavy atom. The van der Waals surface area contributed by atoms with Gasteiger partial charge in [0.1, 0.15) is 12.1 Å². The fraction of sp³-hybridized carbons (Fsp3) is 0.417. The van der Waals surface area contributed by atoms with E-state index in [-0.39, 0.29) is 0 Å². The molecule has 2 fully saturated rings. The number of likely N-dealkylation sites (tertiary alicyclic amines) is 1. The monoisotopic (exact) mass is 472 g/mol. The standard InChI is InChI=1S/C24H26Cl2N4O2/c1-30-10-15-5-14(6-16(15)11-30)12-32-23-9-21-18(8-22(23)31-2)24(28-13-27-21)29-17-3-4-19(25)20(26)7-17/h3-4,7-9,13-16H,5-6,10-12H2,1-2H3,(H,27,28,29). The number of aromatic nitrogens is 2. The lowest BCUT2D eigenvalue weighted by molar-refractivity contribution is 0.227. The number of methoxy groups -OCH3 is 1. The Kier molecular flexibility index (Phi) is 6.01. The zero-order chi connectivity index (χ0) is 22.2. The number of fused-ring (bicyclic) bond motifs is 2. The minimum absolute atomic E-state index is 0.478. The van der Waals surface area contributed by atoms with Crippen LogP contribution in [0.5, 0.6) is 11.5 Å². The topological polar surface area (TPSA) is 59.5 Å². The molecular formula is C24H26Cl2N4O2. The smallest absolute Gasteiger partial charge is 0.163 e. The average Bonchev–Trinajstić information content (AvgIpc) is 3.31. The van der Waals surface area contributed by atoms with Crippen molar-refractivity contribution in [2.24, 2.45) is 17.8 Å². The van der Waals surface area contributed by atoms with Gasteiger partial charge in [-0.25, -0.2) is 9.97 Å². The quantitative estimate of drug-likeness (QED) is 0.499. The Morgan fingerprint density at radius 3 is 2.53 bits per heavy atom. The van der Waals surface area contributed by atoms with Gasteiger partial charge in [0.15, 0.2) is 11.5 Å². The van der Waals surface area contributed by atoms with E-state index in [9.17, 15) is 0 Å². The van der Waals surface area contributed by atoms with Crippen LogP contribution in [0.1, 0.15) is 12.8 Å². The lowest BCUT2D eigenvalue weighted by Crippen LogP contribution is -2.18. The first-order valence-electron chi connectivity index (χ1n) is 10.9. The first-order valence-corrected chi connectivity index (χ1v) is 11.6. The second-order valence-electron chi connectivity index (χ2n) is 8.89. The summed E-state index contributed by atoms with van der Waals surface area (Å²) >= 11 is 12.2. The molecule has 2 unspecified atom stereocenters. The van der Waals surface area contributed by atoms with E-state index in [0.717, 1.165) is 28.4 Å². The number of nitrogens with zero attached hydrogens (tertiary/aromatic N) is 3. The molecule has 2 aliphatic rings. The van der Waals surface area contributed by atoms with Gasteiger partial charge in [0.2, 0.25) is 0 Å². The maximum absolute atomic E-state index is 6.25. The Bertz CT molecular complexity index is 1130. The number of nitrogens with one attached hydrogen (secondary N) is 1. The van der Waals surface area contributed by atoms with Gasteiger partial charge in [-0.15, -0.1) is 0 Å². The molecular weight excluding hydrogens is 447 g/mol. The van der Waals surface area contributed by atoms with Crippen molar-refractivity contribution in [3.8, 4) is 11.5 Å². The zero-order valence-electron chi connectivity index (χ0n) is 18.1. The van der Waals surface area contributed by atoms with Crippen molar-refractivity contribution < 1.29 is 9.47 Å². The van der Waals surface area contributed by atoms with Crippen molar-refractivity contribution in [2.75, 3.05) is 39.2 Å². The van der Waals surface area contributed by atoms with Crippen LogP contribution in [0, 0.1) is 17.8 Å². The third kappa shape index (κ3) is 4.32. The SMILES string of the molecule is COc1cc2c(Nc3ccc(Cl)c(Cl)c3)ncnc2cc1OCC1CC2CN(C)CC2C1. The predicted octanol–water partition coefficient (Wildman–Crippen LogP) is 5.66. The summed E-state index contributed by atoms with van der Waals surface area (Å²) < 4.78 is 11.9. The third-order valence-corrected chi connectivity index (χ3v) is 7.35. The number of hydrogen-bond acceptors (Lipinski definition) is 6. The molecule has 0 spiro atoms. The maximum atomic E-state index is 6.25. The number of anilines is 2. The van der Waals surface area contributed by atoms with Crippen LogP contribution in [0.25, 0.3) is 10.9 Å². The fourth-order valence-corrected chi connectivity index (χ4v) is 5.45. The number of hydrogen-bond donors (Lipinski definition) is 1. The van der Waals surface area contributed by atoms with Crippen LogP contribution >= 0.6 is 23.2 Å². The Hall–Kier alpha value is -2.28. The van der Waals surface area contributed by atoms with E-state index in [0.29, 0.717) is 39.9 Å². The van der Waals surface area contributed by atoms with Gasteiger partial charge < -0.3 is 19.7 Å². The summed E-state index contributed by atoms with van der Waals surface area (Å²) in [5, 5.41) is 5.11. The second-order valence-corrected chi connectivity index (χ2v) is 9.70. The summed E-state index contributed by atoms with van der Waals surface area (Å²) in [5.74, 6) is 4.27. The molecule has 1 N–H and O–H groups in total. The van der Waals surface area contributed by atoms with Crippen molar-refractivity contribution in [3.63, 3.8) is 0 Å². The molecule has 1 aromatic heterocycles. The van der Waals surface area contributed by atoms with E-state index < -0.39 is 0 Å². The molecule has 168 valence electrons. The molecule has 1 aliphatic carbocycles. The second kappa shape index (κ2) is 8.93. The van der Waals surface area contributed by atoms with Crippen molar-refractivity contribution >= 4 is 45.6 Å². The summed E-state index contributed by atoms with van der Waals surface area (Å²) in [6, 6.07) is 9.21. The van der Waals surface area contributed by atoms with Gasteiger partial charge in [-0.3, -0.25) is 0 Å². The zero-order valence-corrected chi connectivity index (χ0v) is 19.7. The molecule has 3 aromatic rings. The Balaban J connectivity index is 1.35. The number of halogens is 2. The molecule has 2 heterocycles. The van der Waals surface area contributed by atoms with Crippen LogP contribution in [0.2, 0.25) is 10.0 Å². The molecule has 8 heteroatoms. The van der Waals surface area contributed by atoms with E-state index in [1.807, 2.05) is 18.2 Å². The predicted molar refractivity (Wildman–Crippen MR) is 129 cm³/mol. The number of ether oxygens (including phenoxy) is 2. The summed E-state index contributed by atoms with van der Waals surface area (Å²) in [4.78, 5) is 11.3. The van der Waals surface area contributed by atoms with Gasteiger partial charge >= 0.3 is 0 Å². The average molecular weight is 473 g/mol. The highest BCUT2D eigenvalue weighted by Crippen LogP contribution is 2.42. The van der Waals surface area contributed by atoms with E-state index >= 15 is 0 Å². The summed E-state index contributed by atoms with van der Waals surface area (Å²) in [7, 11) is 3.87. The first kappa shape index (κ1) is 21.6. The van der Waals surface area contributed by atoms with Crippen molar-refractivity contribution in [3.05, 3.63) is 46.7 Å². The highest BCUT2D eigenvalue weighted by atomic mass is 35.5. The van der Waals surface area contributed by atoms with E-state index in [2.05, 4.69) is 27.2 Å². The van der Waals surface area contributed by atoms with Crippen molar-refractivity contribution in [2.45, 2.75) is 12.8 Å². The fourth-order valence-electron chi connectivity index (χ4n) is 5.15. The van der Waals surface area contributed by atoms with Crippen molar-refractivity contribution in [1.29, 1.82) is 0 Å². The Morgan fingerprint density at radius 1 is 1.03 bits per heavy atom. The van der Waals surface area contributed by atoms with Gasteiger partial charge in [0, 0.05) is 30.2 Å². The largest absolute Gasteiger partial charge is 0.493 e. The van der Waals surface area contributed by atoms with Gasteiger partial charge in [-0.2, -0.15) is 0 Å². The highest BCUT2D eigenvalue weighted by molar-refractivity contribution is 6.42. The van der Waals surface area contributed by atoms with Crippen LogP contribution < -0.4 is 14.8 Å². The molecule has 0 radical (unpaired) electrons. The van der Waals surface area contributed by atoms with Gasteiger partial charge in [-0.05, 0) is 61.9 Å². The van der Waals surface area contributed by atoms with E-state index in [4.69, 9.17) is 32.7 Å². The molecule has 2 atom stereocenters. The molecule has 2 aromatic carbocycles. The van der Waals surface area contributed by atoms with Gasteiger partial charge in [0.25, 0.3) is 0 Å². The van der Waals surface area contributed by atoms with Gasteiger partial charge in [-0.1, -0.05) is 23.2 Å². The van der Waals surface area contributed by atoms with Crippen LogP contribution in [0.4, 0.5) is 11.5 Å². The molecule has 32 heavy (non-hydrogen) atoms. The maximum Gasteiger partial charge on any atom is 0.163 e. The number of benzene rings is 2. The minimum Gasteiger partial charge on any atom is -0.493 e. The molecule has 0 bridgehead atoms. The molecule has 1 saturated carbocycles. The Labute approximate surface area is 197 Å². The third-order valence-electron chi connectivity index (χ3n) is 6.61. The lowest BCUT2D eigenvalue weighted by Gasteiger charge is -2.17. The molecule has 5 rings (SSSR count). The number of rotatable bonds is 6. The van der Waals surface area contributed by atoms with Crippen LogP contribution in [0.3, 0.4) is 0 Å². The highest BCUT2D eigenvalue weighted by Gasteiger charge is 2.39. The summed E-state index contributed by atoms with van der Waals surface area (Å²) in [6.45, 7) is 3.13. The van der Waals surface area contributed by atoms with Crippen LogP contribution in [-0.2, 0) is 0 Å². The molecule has 0 amide bonds. The minimum atomic E-state index is 0.478. The van der Waals surface area contributed by atoms with E-state index in [1.165, 1.54) is 32.3 Å². The summed E-state index contributed by atoms with van der Waals surface area (Å²) in [6.07, 6.45) is 4.02. The van der Waals surface area contributed by atoms with Crippen molar-refractivity contribution in [1.82, 2.24) is 14.9 Å². The summed E-state index contributed by atoms with van der Waals surface area (Å²) in [5.41, 5.74) is 1.57.